The predicted molar refractivity (Wildman–Crippen MR) is 155 cm³/mol. The molecule has 0 aliphatic carbocycles. The molecule has 0 radical (unpaired) electrons. The van der Waals surface area contributed by atoms with Gasteiger partial charge in [-0.1, -0.05) is 48.9 Å². The monoisotopic (exact) mass is 541 g/mol. The lowest BCUT2D eigenvalue weighted by atomic mass is 10.0. The molecule has 2 aromatic carbocycles. The van der Waals surface area contributed by atoms with Crippen molar-refractivity contribution in [3.8, 4) is 11.1 Å². The maximum absolute atomic E-state index is 16.6. The van der Waals surface area contributed by atoms with Crippen molar-refractivity contribution >= 4 is 61.0 Å². The standard InChI is InChI=1S/C27H33ClFN7S/c1-5-11-35(12-6-2)25-18-14-19(28)21(17-8-7-9-20-23(17)31-26(30)37-20)22(29)24(18)32-27(33-25)36-13-10-16(15-36)34(3)4/h7-9,14,16H,5-6,10-13,15H2,1-4H3,(H2,30,31). The van der Waals surface area contributed by atoms with Gasteiger partial charge in [-0.25, -0.2) is 14.4 Å². The number of halogens is 2. The molecule has 1 saturated heterocycles. The van der Waals surface area contributed by atoms with E-state index in [0.29, 0.717) is 44.2 Å². The van der Waals surface area contributed by atoms with Gasteiger partial charge in [0.25, 0.3) is 0 Å². The number of likely N-dealkylation sites (N-methyl/N-ethyl adjacent to an activating group) is 1. The van der Waals surface area contributed by atoms with Crippen molar-refractivity contribution in [2.45, 2.75) is 39.2 Å². The minimum absolute atomic E-state index is 0.283. The van der Waals surface area contributed by atoms with E-state index in [2.05, 4.69) is 47.6 Å². The van der Waals surface area contributed by atoms with Crippen LogP contribution >= 0.6 is 22.9 Å². The highest BCUT2D eigenvalue weighted by Gasteiger charge is 2.29. The van der Waals surface area contributed by atoms with Crippen LogP contribution in [0.3, 0.4) is 0 Å². The van der Waals surface area contributed by atoms with Gasteiger partial charge in [-0.2, -0.15) is 4.98 Å². The van der Waals surface area contributed by atoms with Crippen LogP contribution in [0.4, 0.5) is 21.3 Å². The summed E-state index contributed by atoms with van der Waals surface area (Å²) >= 11 is 8.19. The number of benzene rings is 2. The fraction of sp³-hybridized carbons (Fsp3) is 0.444. The number of nitrogen functional groups attached to an aromatic ring is 1. The van der Waals surface area contributed by atoms with E-state index in [9.17, 15) is 0 Å². The fourth-order valence-corrected chi connectivity index (χ4v) is 6.23. The summed E-state index contributed by atoms with van der Waals surface area (Å²) in [7, 11) is 4.18. The summed E-state index contributed by atoms with van der Waals surface area (Å²) in [6.45, 7) is 7.55. The lowest BCUT2D eigenvalue weighted by Gasteiger charge is -2.27. The number of para-hydroxylation sites is 1. The molecule has 2 aromatic heterocycles. The van der Waals surface area contributed by atoms with Crippen LogP contribution in [-0.2, 0) is 0 Å². The van der Waals surface area contributed by atoms with E-state index in [1.807, 2.05) is 24.3 Å². The van der Waals surface area contributed by atoms with Crippen molar-refractivity contribution in [1.29, 1.82) is 0 Å². The van der Waals surface area contributed by atoms with Crippen molar-refractivity contribution in [3.05, 3.63) is 35.1 Å². The molecule has 1 aliphatic rings. The smallest absolute Gasteiger partial charge is 0.228 e. The maximum Gasteiger partial charge on any atom is 0.228 e. The molecular weight excluding hydrogens is 509 g/mol. The quantitative estimate of drug-likeness (QED) is 0.291. The Morgan fingerprint density at radius 3 is 2.57 bits per heavy atom. The minimum Gasteiger partial charge on any atom is -0.375 e. The number of aromatic nitrogens is 3. The van der Waals surface area contributed by atoms with Gasteiger partial charge in [0.2, 0.25) is 5.95 Å². The van der Waals surface area contributed by atoms with Crippen LogP contribution in [0.2, 0.25) is 5.02 Å². The van der Waals surface area contributed by atoms with Crippen molar-refractivity contribution in [2.24, 2.45) is 0 Å². The SMILES string of the molecule is CCCN(CCC)c1nc(N2CCC(N(C)C)C2)nc2c(F)c(-c3cccc4sc(N)nc34)c(Cl)cc12. The first-order valence-corrected chi connectivity index (χ1v) is 14.0. The first-order valence-electron chi connectivity index (χ1n) is 12.8. The highest BCUT2D eigenvalue weighted by atomic mass is 35.5. The molecule has 0 bridgehead atoms. The average Bonchev–Trinajstić information content (AvgIpc) is 3.50. The van der Waals surface area contributed by atoms with Crippen molar-refractivity contribution in [3.63, 3.8) is 0 Å². The molecule has 4 aromatic rings. The Morgan fingerprint density at radius 2 is 1.89 bits per heavy atom. The molecule has 0 amide bonds. The Labute approximate surface area is 226 Å². The van der Waals surface area contributed by atoms with Gasteiger partial charge in [-0.3, -0.25) is 0 Å². The van der Waals surface area contributed by atoms with Gasteiger partial charge in [-0.15, -0.1) is 0 Å². The van der Waals surface area contributed by atoms with Crippen LogP contribution in [0.5, 0.6) is 0 Å². The molecular formula is C27H33ClFN7S. The number of nitrogens with zero attached hydrogens (tertiary/aromatic N) is 6. The number of rotatable bonds is 8. The number of thiazole rings is 1. The van der Waals surface area contributed by atoms with Gasteiger partial charge in [-0.05, 0) is 45.5 Å². The Morgan fingerprint density at radius 1 is 1.14 bits per heavy atom. The number of anilines is 3. The molecule has 1 unspecified atom stereocenters. The molecule has 37 heavy (non-hydrogen) atoms. The van der Waals surface area contributed by atoms with Gasteiger partial charge in [0.05, 0.1) is 15.2 Å². The van der Waals surface area contributed by atoms with E-state index < -0.39 is 5.82 Å². The summed E-state index contributed by atoms with van der Waals surface area (Å²) in [6.07, 6.45) is 2.92. The van der Waals surface area contributed by atoms with Crippen LogP contribution < -0.4 is 15.5 Å². The molecule has 0 spiro atoms. The molecule has 1 atom stereocenters. The first kappa shape index (κ1) is 25.9. The molecule has 7 nitrogen and oxygen atoms in total. The third-order valence-corrected chi connectivity index (χ3v) is 8.17. The molecule has 0 saturated carbocycles. The number of hydrogen-bond donors (Lipinski definition) is 1. The average molecular weight is 542 g/mol. The zero-order chi connectivity index (χ0) is 26.3. The Bertz CT molecular complexity index is 1430. The van der Waals surface area contributed by atoms with E-state index >= 15 is 4.39 Å². The van der Waals surface area contributed by atoms with Crippen LogP contribution in [-0.4, -0.2) is 66.2 Å². The molecule has 1 aliphatic heterocycles. The van der Waals surface area contributed by atoms with Gasteiger partial charge in [0.1, 0.15) is 11.3 Å². The molecule has 5 rings (SSSR count). The van der Waals surface area contributed by atoms with Crippen LogP contribution in [0, 0.1) is 5.82 Å². The van der Waals surface area contributed by atoms with E-state index in [-0.39, 0.29) is 5.52 Å². The molecule has 2 N–H and O–H groups in total. The highest BCUT2D eigenvalue weighted by molar-refractivity contribution is 7.22. The number of nitrogens with two attached hydrogens (primary N) is 1. The lowest BCUT2D eigenvalue weighted by molar-refractivity contribution is 0.315. The largest absolute Gasteiger partial charge is 0.375 e. The minimum atomic E-state index is -0.456. The van der Waals surface area contributed by atoms with Gasteiger partial charge < -0.3 is 20.4 Å². The summed E-state index contributed by atoms with van der Waals surface area (Å²) in [6, 6.07) is 7.86. The van der Waals surface area contributed by atoms with E-state index in [0.717, 1.165) is 56.0 Å². The van der Waals surface area contributed by atoms with Crippen LogP contribution in [0.15, 0.2) is 24.3 Å². The third kappa shape index (κ3) is 4.80. The fourth-order valence-electron chi connectivity index (χ4n) is 5.17. The summed E-state index contributed by atoms with van der Waals surface area (Å²) in [5.74, 6) is 0.843. The summed E-state index contributed by atoms with van der Waals surface area (Å²) in [5.41, 5.74) is 7.82. The summed E-state index contributed by atoms with van der Waals surface area (Å²) in [5, 5.41) is 1.37. The molecule has 1 fully saturated rings. The molecule has 196 valence electrons. The van der Waals surface area contributed by atoms with E-state index in [1.165, 1.54) is 11.3 Å². The lowest BCUT2D eigenvalue weighted by Crippen LogP contribution is -2.32. The maximum atomic E-state index is 16.6. The van der Waals surface area contributed by atoms with Crippen LogP contribution in [0.1, 0.15) is 33.1 Å². The zero-order valence-electron chi connectivity index (χ0n) is 21.8. The number of hydrogen-bond acceptors (Lipinski definition) is 8. The van der Waals surface area contributed by atoms with Gasteiger partial charge in [0.15, 0.2) is 10.9 Å². The van der Waals surface area contributed by atoms with Crippen LogP contribution in [0.25, 0.3) is 32.2 Å². The van der Waals surface area contributed by atoms with Crippen molar-refractivity contribution in [2.75, 3.05) is 55.8 Å². The number of fused-ring (bicyclic) bond motifs is 2. The first-order chi connectivity index (χ1) is 17.8. The Balaban J connectivity index is 1.74. The second kappa shape index (κ2) is 10.6. The topological polar surface area (TPSA) is 74.4 Å². The normalized spacial score (nSPS) is 16.0. The molecule has 3 heterocycles. The summed E-state index contributed by atoms with van der Waals surface area (Å²) in [4.78, 5) is 20.9. The second-order valence-electron chi connectivity index (χ2n) is 9.83. The second-order valence-corrected chi connectivity index (χ2v) is 11.3. The van der Waals surface area contributed by atoms with Crippen molar-refractivity contribution < 1.29 is 4.39 Å². The predicted octanol–water partition coefficient (Wildman–Crippen LogP) is 6.05. The van der Waals surface area contributed by atoms with Crippen molar-refractivity contribution in [1.82, 2.24) is 19.9 Å². The highest BCUT2D eigenvalue weighted by Crippen LogP contribution is 2.42. The van der Waals surface area contributed by atoms with E-state index in [4.69, 9.17) is 27.3 Å². The molecule has 10 heteroatoms. The zero-order valence-corrected chi connectivity index (χ0v) is 23.3. The summed E-state index contributed by atoms with van der Waals surface area (Å²) < 4.78 is 17.4. The van der Waals surface area contributed by atoms with Gasteiger partial charge in [0, 0.05) is 48.7 Å². The van der Waals surface area contributed by atoms with E-state index in [1.54, 1.807) is 0 Å². The third-order valence-electron chi connectivity index (χ3n) is 7.02. The van der Waals surface area contributed by atoms with Gasteiger partial charge >= 0.3 is 0 Å². The Hall–Kier alpha value is -2.75. The Kier molecular flexibility index (Phi) is 7.38.